The Kier molecular flexibility index (Phi) is 7.38. The lowest BCUT2D eigenvalue weighted by Crippen LogP contribution is -2.14. The molecule has 2 aromatic carbocycles. The van der Waals surface area contributed by atoms with E-state index in [2.05, 4.69) is 20.6 Å². The fourth-order valence-electron chi connectivity index (χ4n) is 3.13. The van der Waals surface area contributed by atoms with Gasteiger partial charge < -0.3 is 15.2 Å². The molecule has 0 spiro atoms. The summed E-state index contributed by atoms with van der Waals surface area (Å²) in [6, 6.07) is 12.3. The molecule has 1 heterocycles. The molecule has 0 atom stereocenters. The lowest BCUT2D eigenvalue weighted by Gasteiger charge is -2.17. The van der Waals surface area contributed by atoms with Crippen LogP contribution in [0.4, 0.5) is 36.3 Å². The van der Waals surface area contributed by atoms with Gasteiger partial charge in [0.25, 0.3) is 0 Å². The van der Waals surface area contributed by atoms with Gasteiger partial charge in [0.2, 0.25) is 5.95 Å². The molecule has 0 aliphatic heterocycles. The molecule has 0 saturated heterocycles. The zero-order valence-corrected chi connectivity index (χ0v) is 20.4. The second kappa shape index (κ2) is 9.76. The summed E-state index contributed by atoms with van der Waals surface area (Å²) < 4.78 is 78.3. The van der Waals surface area contributed by atoms with E-state index in [0.717, 1.165) is 0 Å². The molecule has 0 amide bonds. The van der Waals surface area contributed by atoms with Gasteiger partial charge in [-0.1, -0.05) is 19.1 Å². The molecule has 2 N–H and O–H groups in total. The summed E-state index contributed by atoms with van der Waals surface area (Å²) in [5, 5.41) is 6.01. The Morgan fingerprint density at radius 3 is 2.24 bits per heavy atom. The zero-order valence-electron chi connectivity index (χ0n) is 18.7. The first-order chi connectivity index (χ1) is 15.8. The molecule has 3 rings (SSSR count). The van der Waals surface area contributed by atoms with Crippen molar-refractivity contribution in [1.29, 1.82) is 0 Å². The highest BCUT2D eigenvalue weighted by Crippen LogP contribution is 2.37. The van der Waals surface area contributed by atoms with Crippen LogP contribution in [0.5, 0.6) is 0 Å². The molecule has 0 radical (unpaired) electrons. The molecule has 182 valence electrons. The Bertz CT molecular complexity index is 1320. The third kappa shape index (κ3) is 6.15. The van der Waals surface area contributed by atoms with Crippen LogP contribution in [0.25, 0.3) is 0 Å². The molecule has 1 aromatic heterocycles. The highest BCUT2D eigenvalue weighted by molar-refractivity contribution is 7.91. The van der Waals surface area contributed by atoms with E-state index in [4.69, 9.17) is 0 Å². The number of hydrogen-bond acceptors (Lipinski definition) is 7. The Morgan fingerprint density at radius 1 is 1.00 bits per heavy atom. The fourth-order valence-corrected chi connectivity index (χ4v) is 5.49. The van der Waals surface area contributed by atoms with E-state index < -0.39 is 34.5 Å². The maximum absolute atomic E-state index is 13.6. The molecule has 3 aromatic rings. The monoisotopic (exact) mass is 512 g/mol. The largest absolute Gasteiger partial charge is 0.421 e. The minimum Gasteiger partial charge on any atom is -0.338 e. The molecule has 34 heavy (non-hydrogen) atoms. The Labute approximate surface area is 196 Å². The van der Waals surface area contributed by atoms with Crippen LogP contribution in [0.2, 0.25) is 0 Å². The third-order valence-corrected chi connectivity index (χ3v) is 8.30. The van der Waals surface area contributed by atoms with Crippen molar-refractivity contribution < 1.29 is 26.2 Å². The molecular formula is C22H24F3N4O3PS. The van der Waals surface area contributed by atoms with Crippen LogP contribution >= 0.6 is 7.14 Å². The number of aromatic nitrogens is 2. The zero-order chi connectivity index (χ0) is 25.1. The third-order valence-electron chi connectivity index (χ3n) is 4.79. The predicted molar refractivity (Wildman–Crippen MR) is 128 cm³/mol. The summed E-state index contributed by atoms with van der Waals surface area (Å²) in [4.78, 5) is 7.61. The number of alkyl halides is 3. The van der Waals surface area contributed by atoms with Crippen LogP contribution in [0.15, 0.2) is 59.6 Å². The number of benzene rings is 2. The van der Waals surface area contributed by atoms with Gasteiger partial charge in [-0.3, -0.25) is 0 Å². The second-order valence-corrected chi connectivity index (χ2v) is 13.2. The van der Waals surface area contributed by atoms with Crippen LogP contribution in [0, 0.1) is 0 Å². The van der Waals surface area contributed by atoms with Crippen molar-refractivity contribution in [1.82, 2.24) is 9.97 Å². The van der Waals surface area contributed by atoms with Crippen molar-refractivity contribution in [2.24, 2.45) is 0 Å². The Morgan fingerprint density at radius 2 is 1.65 bits per heavy atom. The lowest BCUT2D eigenvalue weighted by atomic mass is 10.2. The lowest BCUT2D eigenvalue weighted by molar-refractivity contribution is -0.137. The maximum atomic E-state index is 13.6. The van der Waals surface area contributed by atoms with E-state index in [1.807, 2.05) is 0 Å². The van der Waals surface area contributed by atoms with Crippen molar-refractivity contribution in [3.05, 3.63) is 60.3 Å². The predicted octanol–water partition coefficient (Wildman–Crippen LogP) is 5.41. The van der Waals surface area contributed by atoms with Gasteiger partial charge in [-0.2, -0.15) is 18.2 Å². The van der Waals surface area contributed by atoms with Gasteiger partial charge in [-0.15, -0.1) is 0 Å². The Hall–Kier alpha value is -2.91. The summed E-state index contributed by atoms with van der Waals surface area (Å²) in [5.74, 6) is -0.868. The minimum absolute atomic E-state index is 0.0166. The summed E-state index contributed by atoms with van der Waals surface area (Å²) in [6.45, 7) is 4.96. The molecule has 0 unspecified atom stereocenters. The van der Waals surface area contributed by atoms with E-state index in [1.54, 1.807) is 44.5 Å². The number of hydrogen-bond donors (Lipinski definition) is 2. The van der Waals surface area contributed by atoms with Crippen LogP contribution in [-0.2, 0) is 20.6 Å². The fraction of sp³-hybridized carbons (Fsp3) is 0.273. The standard InChI is InChI=1S/C22H24F3N4O3PS/c1-4-13-34(31,32)19-8-6-5-7-18(19)28-20-17(22(23,24)25)14-26-21(29-20)27-15-9-11-16(12-10-15)33(2,3)30/h5-12,14H,4,13H2,1-3H3,(H2,26,27,28,29). The average Bonchev–Trinajstić information content (AvgIpc) is 2.73. The number of rotatable bonds is 8. The smallest absolute Gasteiger partial charge is 0.338 e. The van der Waals surface area contributed by atoms with Crippen LogP contribution < -0.4 is 15.9 Å². The first kappa shape index (κ1) is 25.7. The Balaban J connectivity index is 1.99. The number of anilines is 4. The van der Waals surface area contributed by atoms with Crippen molar-refractivity contribution in [3.63, 3.8) is 0 Å². The number of nitrogens with zero attached hydrogens (tertiary/aromatic N) is 2. The SMILES string of the molecule is CCCS(=O)(=O)c1ccccc1Nc1nc(Nc2ccc(P(C)(C)=O)cc2)ncc1C(F)(F)F. The number of para-hydroxylation sites is 1. The molecule has 12 heteroatoms. The summed E-state index contributed by atoms with van der Waals surface area (Å²) >= 11 is 0. The molecule has 0 bridgehead atoms. The normalized spacial score (nSPS) is 12.4. The van der Waals surface area contributed by atoms with Crippen molar-refractivity contribution in [3.8, 4) is 0 Å². The van der Waals surface area contributed by atoms with E-state index in [1.165, 1.54) is 24.3 Å². The van der Waals surface area contributed by atoms with E-state index in [9.17, 15) is 26.2 Å². The van der Waals surface area contributed by atoms with Gasteiger partial charge >= 0.3 is 6.18 Å². The van der Waals surface area contributed by atoms with Gasteiger partial charge in [0.1, 0.15) is 18.5 Å². The van der Waals surface area contributed by atoms with E-state index in [-0.39, 0.29) is 22.3 Å². The molecule has 0 fully saturated rings. The highest BCUT2D eigenvalue weighted by Gasteiger charge is 2.36. The molecule has 0 aliphatic rings. The maximum Gasteiger partial charge on any atom is 0.421 e. The van der Waals surface area contributed by atoms with Crippen LogP contribution in [0.1, 0.15) is 18.9 Å². The quantitative estimate of drug-likeness (QED) is 0.389. The van der Waals surface area contributed by atoms with Crippen LogP contribution in [-0.4, -0.2) is 37.5 Å². The van der Waals surface area contributed by atoms with Gasteiger partial charge in [0.05, 0.1) is 16.3 Å². The average molecular weight is 512 g/mol. The molecule has 7 nitrogen and oxygen atoms in total. The topological polar surface area (TPSA) is 101 Å². The van der Waals surface area contributed by atoms with Crippen LogP contribution in [0.3, 0.4) is 0 Å². The first-order valence-corrected chi connectivity index (χ1v) is 14.5. The van der Waals surface area contributed by atoms with Gasteiger partial charge in [-0.05, 0) is 56.1 Å². The van der Waals surface area contributed by atoms with Crippen molar-refractivity contribution in [2.45, 2.75) is 24.4 Å². The van der Waals surface area contributed by atoms with Crippen molar-refractivity contribution in [2.75, 3.05) is 29.7 Å². The highest BCUT2D eigenvalue weighted by atomic mass is 32.2. The molecule has 0 aliphatic carbocycles. The van der Waals surface area contributed by atoms with Gasteiger partial charge in [-0.25, -0.2) is 13.4 Å². The molecule has 0 saturated carbocycles. The first-order valence-electron chi connectivity index (χ1n) is 10.3. The summed E-state index contributed by atoms with van der Waals surface area (Å²) in [6.07, 6.45) is -3.79. The summed E-state index contributed by atoms with van der Waals surface area (Å²) in [5.41, 5.74) is -0.681. The van der Waals surface area contributed by atoms with Gasteiger partial charge in [0, 0.05) is 17.2 Å². The number of nitrogens with one attached hydrogen (secondary N) is 2. The minimum atomic E-state index is -4.77. The summed E-state index contributed by atoms with van der Waals surface area (Å²) in [7, 11) is -6.17. The molecular weight excluding hydrogens is 488 g/mol. The number of halogens is 3. The van der Waals surface area contributed by atoms with E-state index in [0.29, 0.717) is 23.6 Å². The van der Waals surface area contributed by atoms with E-state index >= 15 is 0 Å². The second-order valence-electron chi connectivity index (χ2n) is 7.92. The number of sulfone groups is 1. The van der Waals surface area contributed by atoms with Crippen molar-refractivity contribution >= 4 is 45.4 Å². The van der Waals surface area contributed by atoms with Gasteiger partial charge in [0.15, 0.2) is 9.84 Å².